The van der Waals surface area contributed by atoms with Crippen molar-refractivity contribution in [2.45, 2.75) is 26.2 Å². The Morgan fingerprint density at radius 2 is 1.89 bits per heavy atom. The molecule has 1 aromatic heterocycles. The fourth-order valence-electron chi connectivity index (χ4n) is 3.20. The molecule has 1 aliphatic rings. The predicted octanol–water partition coefficient (Wildman–Crippen LogP) is 2.10. The van der Waals surface area contributed by atoms with E-state index in [0.717, 1.165) is 18.4 Å². The maximum atomic E-state index is 5.94. The second-order valence-corrected chi connectivity index (χ2v) is 5.88. The van der Waals surface area contributed by atoms with Gasteiger partial charge in [0.05, 0.1) is 0 Å². The monoisotopic (exact) mass is 247 g/mol. The zero-order chi connectivity index (χ0) is 13.0. The maximum Gasteiger partial charge on any atom is 0.0270 e. The van der Waals surface area contributed by atoms with Crippen LogP contribution in [0.25, 0.3) is 0 Å². The molecule has 0 bridgehead atoms. The van der Waals surface area contributed by atoms with E-state index in [0.29, 0.717) is 12.5 Å². The van der Waals surface area contributed by atoms with E-state index in [-0.39, 0.29) is 0 Å². The first-order valence-electron chi connectivity index (χ1n) is 7.01. The van der Waals surface area contributed by atoms with Crippen molar-refractivity contribution in [3.05, 3.63) is 30.1 Å². The van der Waals surface area contributed by atoms with Gasteiger partial charge in [-0.25, -0.2) is 0 Å². The Balaban J connectivity index is 1.98. The van der Waals surface area contributed by atoms with E-state index < -0.39 is 0 Å². The first kappa shape index (κ1) is 13.5. The molecule has 1 aromatic rings. The number of hydrogen-bond acceptors (Lipinski definition) is 3. The van der Waals surface area contributed by atoms with Crippen molar-refractivity contribution in [3.63, 3.8) is 0 Å². The van der Waals surface area contributed by atoms with E-state index >= 15 is 0 Å². The summed E-state index contributed by atoms with van der Waals surface area (Å²) in [5.41, 5.74) is 7.26. The van der Waals surface area contributed by atoms with Crippen LogP contribution >= 0.6 is 0 Å². The summed E-state index contributed by atoms with van der Waals surface area (Å²) in [6, 6.07) is 4.18. The number of aromatic nitrogens is 1. The summed E-state index contributed by atoms with van der Waals surface area (Å²) in [5.74, 6) is 2.06. The third kappa shape index (κ3) is 3.53. The largest absolute Gasteiger partial charge is 0.330 e. The summed E-state index contributed by atoms with van der Waals surface area (Å²) in [4.78, 5) is 6.66. The van der Waals surface area contributed by atoms with Crippen LogP contribution in [0.5, 0.6) is 0 Å². The minimum atomic E-state index is 0.436. The molecule has 100 valence electrons. The Labute approximate surface area is 110 Å². The zero-order valence-corrected chi connectivity index (χ0v) is 11.5. The molecule has 3 unspecified atom stereocenters. The Hall–Kier alpha value is -0.930. The molecule has 0 spiro atoms. The molecule has 1 fully saturated rings. The molecule has 0 aliphatic carbocycles. The number of piperidine rings is 1. The van der Waals surface area contributed by atoms with Crippen molar-refractivity contribution in [3.8, 4) is 0 Å². The third-order valence-corrected chi connectivity index (χ3v) is 3.89. The van der Waals surface area contributed by atoms with Crippen LogP contribution in [-0.4, -0.2) is 36.1 Å². The topological polar surface area (TPSA) is 42.1 Å². The highest BCUT2D eigenvalue weighted by atomic mass is 15.1. The van der Waals surface area contributed by atoms with E-state index in [9.17, 15) is 0 Å². The number of hydrogen-bond donors (Lipinski definition) is 1. The molecule has 3 nitrogen and oxygen atoms in total. The van der Waals surface area contributed by atoms with Gasteiger partial charge in [-0.3, -0.25) is 4.98 Å². The number of nitrogens with zero attached hydrogens (tertiary/aromatic N) is 2. The van der Waals surface area contributed by atoms with Crippen LogP contribution in [0.3, 0.4) is 0 Å². The molecule has 0 aromatic carbocycles. The summed E-state index contributed by atoms with van der Waals surface area (Å²) < 4.78 is 0. The van der Waals surface area contributed by atoms with Gasteiger partial charge in [-0.1, -0.05) is 13.8 Å². The van der Waals surface area contributed by atoms with Crippen LogP contribution < -0.4 is 5.73 Å². The van der Waals surface area contributed by atoms with Gasteiger partial charge in [0.25, 0.3) is 0 Å². The van der Waals surface area contributed by atoms with Gasteiger partial charge >= 0.3 is 0 Å². The molecule has 18 heavy (non-hydrogen) atoms. The average molecular weight is 247 g/mol. The van der Waals surface area contributed by atoms with Crippen LogP contribution in [0.15, 0.2) is 24.5 Å². The highest BCUT2D eigenvalue weighted by Gasteiger charge is 2.24. The summed E-state index contributed by atoms with van der Waals surface area (Å²) in [7, 11) is 0. The van der Waals surface area contributed by atoms with E-state index in [4.69, 9.17) is 5.73 Å². The molecule has 1 saturated heterocycles. The first-order chi connectivity index (χ1) is 8.69. The number of likely N-dealkylation sites (tertiary alicyclic amines) is 1. The van der Waals surface area contributed by atoms with Gasteiger partial charge in [0.15, 0.2) is 0 Å². The van der Waals surface area contributed by atoms with E-state index in [1.807, 2.05) is 12.4 Å². The zero-order valence-electron chi connectivity index (χ0n) is 11.5. The van der Waals surface area contributed by atoms with Crippen LogP contribution in [0.4, 0.5) is 0 Å². The summed E-state index contributed by atoms with van der Waals surface area (Å²) >= 11 is 0. The summed E-state index contributed by atoms with van der Waals surface area (Å²) in [6.45, 7) is 8.93. The quantitative estimate of drug-likeness (QED) is 0.886. The SMILES string of the molecule is CC1CC(C)CN(CC(CN)c2ccncc2)C1. The Morgan fingerprint density at radius 1 is 1.28 bits per heavy atom. The fourth-order valence-corrected chi connectivity index (χ4v) is 3.20. The van der Waals surface area contributed by atoms with Crippen molar-refractivity contribution in [1.82, 2.24) is 9.88 Å². The molecule has 2 N–H and O–H groups in total. The van der Waals surface area contributed by atoms with Crippen LogP contribution in [0.2, 0.25) is 0 Å². The average Bonchev–Trinajstić information content (AvgIpc) is 2.36. The van der Waals surface area contributed by atoms with Gasteiger partial charge in [0.1, 0.15) is 0 Å². The Morgan fingerprint density at radius 3 is 2.44 bits per heavy atom. The second-order valence-electron chi connectivity index (χ2n) is 5.88. The van der Waals surface area contributed by atoms with Crippen molar-refractivity contribution < 1.29 is 0 Å². The lowest BCUT2D eigenvalue weighted by Gasteiger charge is -2.36. The van der Waals surface area contributed by atoms with Crippen LogP contribution in [0, 0.1) is 11.8 Å². The van der Waals surface area contributed by atoms with E-state index in [2.05, 4.69) is 35.9 Å². The van der Waals surface area contributed by atoms with Gasteiger partial charge in [-0.2, -0.15) is 0 Å². The van der Waals surface area contributed by atoms with Crippen molar-refractivity contribution in [2.24, 2.45) is 17.6 Å². The normalized spacial score (nSPS) is 27.1. The highest BCUT2D eigenvalue weighted by molar-refractivity contribution is 5.16. The van der Waals surface area contributed by atoms with Gasteiger partial charge in [0, 0.05) is 44.5 Å². The number of nitrogens with two attached hydrogens (primary N) is 1. The summed E-state index contributed by atoms with van der Waals surface area (Å²) in [6.07, 6.45) is 5.08. The molecule has 0 radical (unpaired) electrons. The van der Waals surface area contributed by atoms with Gasteiger partial charge in [-0.15, -0.1) is 0 Å². The highest BCUT2D eigenvalue weighted by Crippen LogP contribution is 2.23. The Bertz CT molecular complexity index is 342. The predicted molar refractivity (Wildman–Crippen MR) is 75.4 cm³/mol. The minimum Gasteiger partial charge on any atom is -0.330 e. The second kappa shape index (κ2) is 6.30. The third-order valence-electron chi connectivity index (χ3n) is 3.89. The van der Waals surface area contributed by atoms with Gasteiger partial charge in [-0.05, 0) is 36.0 Å². The molecule has 1 aliphatic heterocycles. The van der Waals surface area contributed by atoms with Crippen molar-refractivity contribution >= 4 is 0 Å². The van der Waals surface area contributed by atoms with Gasteiger partial charge < -0.3 is 10.6 Å². The molecule has 0 amide bonds. The first-order valence-corrected chi connectivity index (χ1v) is 7.01. The lowest BCUT2D eigenvalue weighted by molar-refractivity contribution is 0.134. The standard InChI is InChI=1S/C15H25N3/c1-12-7-13(2)10-18(9-12)11-15(8-16)14-3-5-17-6-4-14/h3-6,12-13,15H,7-11,16H2,1-2H3. The number of rotatable bonds is 4. The van der Waals surface area contributed by atoms with E-state index in [1.165, 1.54) is 25.1 Å². The smallest absolute Gasteiger partial charge is 0.0270 e. The van der Waals surface area contributed by atoms with E-state index in [1.54, 1.807) is 0 Å². The van der Waals surface area contributed by atoms with Crippen molar-refractivity contribution in [2.75, 3.05) is 26.2 Å². The maximum absolute atomic E-state index is 5.94. The molecular formula is C15H25N3. The molecular weight excluding hydrogens is 222 g/mol. The van der Waals surface area contributed by atoms with Gasteiger partial charge in [0.2, 0.25) is 0 Å². The lowest BCUT2D eigenvalue weighted by Crippen LogP contribution is -2.41. The summed E-state index contributed by atoms with van der Waals surface area (Å²) in [5, 5.41) is 0. The lowest BCUT2D eigenvalue weighted by atomic mass is 9.90. The van der Waals surface area contributed by atoms with Crippen molar-refractivity contribution in [1.29, 1.82) is 0 Å². The molecule has 2 heterocycles. The fraction of sp³-hybridized carbons (Fsp3) is 0.667. The number of pyridine rings is 1. The van der Waals surface area contributed by atoms with Crippen LogP contribution in [-0.2, 0) is 0 Å². The molecule has 3 atom stereocenters. The molecule has 3 heteroatoms. The molecule has 0 saturated carbocycles. The minimum absolute atomic E-state index is 0.436. The molecule has 2 rings (SSSR count). The Kier molecular flexibility index (Phi) is 4.72. The van der Waals surface area contributed by atoms with Crippen LogP contribution in [0.1, 0.15) is 31.7 Å².